The molecule has 0 spiro atoms. The highest BCUT2D eigenvalue weighted by atomic mass is 35.5. The minimum atomic E-state index is 0.451. The highest BCUT2D eigenvalue weighted by molar-refractivity contribution is 6.42. The zero-order chi connectivity index (χ0) is 20.4. The fourth-order valence-corrected chi connectivity index (χ4v) is 3.39. The van der Waals surface area contributed by atoms with Gasteiger partial charge < -0.3 is 20.1 Å². The average Bonchev–Trinajstić information content (AvgIpc) is 2.88. The van der Waals surface area contributed by atoms with Crippen molar-refractivity contribution in [1.29, 1.82) is 0 Å². The molecule has 0 bridgehead atoms. The van der Waals surface area contributed by atoms with Crippen LogP contribution in [0.4, 0.5) is 17.1 Å². The van der Waals surface area contributed by atoms with Crippen molar-refractivity contribution < 1.29 is 9.47 Å². The number of nitrogens with one attached hydrogen (secondary N) is 2. The molecule has 3 aromatic rings. The fourth-order valence-electron chi connectivity index (χ4n) is 3.06. The van der Waals surface area contributed by atoms with Crippen LogP contribution in [0.5, 0.6) is 11.5 Å². The van der Waals surface area contributed by atoms with Crippen molar-refractivity contribution in [3.05, 3.63) is 70.0 Å². The first-order chi connectivity index (χ1) is 14.1. The Morgan fingerprint density at radius 1 is 0.931 bits per heavy atom. The molecule has 0 atom stereocenters. The van der Waals surface area contributed by atoms with Crippen LogP contribution in [-0.4, -0.2) is 25.0 Å². The summed E-state index contributed by atoms with van der Waals surface area (Å²) in [5, 5.41) is 7.67. The van der Waals surface area contributed by atoms with Crippen LogP contribution in [0.3, 0.4) is 0 Å². The predicted octanol–water partition coefficient (Wildman–Crippen LogP) is 5.52. The van der Waals surface area contributed by atoms with Gasteiger partial charge in [-0.05, 0) is 29.8 Å². The number of hydrogen-bond acceptors (Lipinski definition) is 5. The minimum absolute atomic E-state index is 0.451. The van der Waals surface area contributed by atoms with E-state index in [2.05, 4.69) is 15.6 Å². The average molecular weight is 429 g/mol. The largest absolute Gasteiger partial charge is 0.493 e. The summed E-state index contributed by atoms with van der Waals surface area (Å²) in [6, 6.07) is 11.2. The second-order valence-electron chi connectivity index (χ2n) is 6.34. The summed E-state index contributed by atoms with van der Waals surface area (Å²) in [5.74, 6) is 1.87. The van der Waals surface area contributed by atoms with Crippen molar-refractivity contribution in [3.63, 3.8) is 0 Å². The maximum atomic E-state index is 6.24. The van der Waals surface area contributed by atoms with E-state index >= 15 is 0 Å². The van der Waals surface area contributed by atoms with Crippen molar-refractivity contribution in [2.75, 3.05) is 24.9 Å². The smallest absolute Gasteiger partial charge is 0.162 e. The number of halogens is 2. The first kappa shape index (κ1) is 19.4. The number of benzene rings is 2. The summed E-state index contributed by atoms with van der Waals surface area (Å²) in [6.45, 7) is 0.459. The number of nitrogens with zero attached hydrogens (tertiary/aromatic N) is 2. The number of ether oxygens (including phenoxy) is 2. The van der Waals surface area contributed by atoms with Gasteiger partial charge in [0.2, 0.25) is 0 Å². The Balaban J connectivity index is 1.85. The summed E-state index contributed by atoms with van der Waals surface area (Å²) >= 11 is 12.5. The van der Waals surface area contributed by atoms with Crippen LogP contribution in [0.1, 0.15) is 11.1 Å². The molecule has 4 rings (SSSR count). The molecule has 29 heavy (non-hydrogen) atoms. The van der Waals surface area contributed by atoms with Gasteiger partial charge in [0, 0.05) is 24.0 Å². The van der Waals surface area contributed by atoms with Crippen molar-refractivity contribution in [3.8, 4) is 11.5 Å². The van der Waals surface area contributed by atoms with Crippen LogP contribution < -0.4 is 20.1 Å². The fraction of sp³-hybridized carbons (Fsp3) is 0.143. The molecule has 1 aromatic heterocycles. The molecule has 0 radical (unpaired) electrons. The predicted molar refractivity (Wildman–Crippen MR) is 117 cm³/mol. The SMILES string of the molecule is COc1cc2c(cc1OC)C(=NCc1cccnc1)Nc1cc(Cl)c(Cl)cc1N2. The molecule has 2 aromatic carbocycles. The molecule has 0 unspecified atom stereocenters. The van der Waals surface area contributed by atoms with Crippen LogP contribution in [-0.2, 0) is 6.54 Å². The Morgan fingerprint density at radius 2 is 1.62 bits per heavy atom. The zero-order valence-electron chi connectivity index (χ0n) is 15.8. The van der Waals surface area contributed by atoms with Crippen LogP contribution in [0.15, 0.2) is 53.8 Å². The second kappa shape index (κ2) is 8.19. The Morgan fingerprint density at radius 3 is 2.28 bits per heavy atom. The van der Waals surface area contributed by atoms with E-state index in [0.29, 0.717) is 33.9 Å². The van der Waals surface area contributed by atoms with Crippen molar-refractivity contribution in [1.82, 2.24) is 4.98 Å². The van der Waals surface area contributed by atoms with E-state index in [4.69, 9.17) is 37.7 Å². The molecule has 6 nitrogen and oxygen atoms in total. The summed E-state index contributed by atoms with van der Waals surface area (Å²) in [5.41, 5.74) is 4.17. The lowest BCUT2D eigenvalue weighted by Crippen LogP contribution is -2.14. The van der Waals surface area contributed by atoms with E-state index in [1.165, 1.54) is 0 Å². The van der Waals surface area contributed by atoms with Crippen molar-refractivity contribution in [2.45, 2.75) is 6.54 Å². The summed E-state index contributed by atoms with van der Waals surface area (Å²) in [7, 11) is 3.20. The number of methoxy groups -OCH3 is 2. The minimum Gasteiger partial charge on any atom is -0.493 e. The first-order valence-electron chi connectivity index (χ1n) is 8.82. The van der Waals surface area contributed by atoms with E-state index in [1.54, 1.807) is 38.7 Å². The van der Waals surface area contributed by atoms with E-state index < -0.39 is 0 Å². The maximum absolute atomic E-state index is 6.24. The van der Waals surface area contributed by atoms with E-state index in [9.17, 15) is 0 Å². The molecule has 1 aliphatic rings. The monoisotopic (exact) mass is 428 g/mol. The van der Waals surface area contributed by atoms with Gasteiger partial charge >= 0.3 is 0 Å². The van der Waals surface area contributed by atoms with Gasteiger partial charge in [-0.15, -0.1) is 0 Å². The van der Waals surface area contributed by atoms with Crippen LogP contribution in [0, 0.1) is 0 Å². The van der Waals surface area contributed by atoms with Crippen molar-refractivity contribution in [2.24, 2.45) is 4.99 Å². The van der Waals surface area contributed by atoms with Crippen molar-refractivity contribution >= 4 is 46.1 Å². The van der Waals surface area contributed by atoms with Gasteiger partial charge in [0.15, 0.2) is 11.5 Å². The van der Waals surface area contributed by atoms with Crippen LogP contribution in [0.2, 0.25) is 10.0 Å². The lowest BCUT2D eigenvalue weighted by Gasteiger charge is -2.14. The Kier molecular flexibility index (Phi) is 5.47. The standard InChI is InChI=1S/C21H18Cl2N4O2/c1-28-19-6-13-16(9-20(19)29-2)26-17-7-14(22)15(23)8-18(17)27-21(13)25-11-12-4-3-5-24-10-12/h3-10,26H,11H2,1-2H3,(H,25,27). The number of pyridine rings is 1. The Bertz CT molecular complexity index is 1090. The van der Waals surface area contributed by atoms with E-state index in [-0.39, 0.29) is 0 Å². The molecule has 0 amide bonds. The normalized spacial score (nSPS) is 13.6. The van der Waals surface area contributed by atoms with Gasteiger partial charge in [-0.2, -0.15) is 0 Å². The summed E-state index contributed by atoms with van der Waals surface area (Å²) < 4.78 is 10.9. The molecular formula is C21H18Cl2N4O2. The first-order valence-corrected chi connectivity index (χ1v) is 9.57. The highest BCUT2D eigenvalue weighted by Crippen LogP contribution is 2.41. The Hall–Kier alpha value is -2.96. The number of fused-ring (bicyclic) bond motifs is 2. The molecule has 8 heteroatoms. The zero-order valence-corrected chi connectivity index (χ0v) is 17.3. The van der Waals surface area contributed by atoms with Gasteiger partial charge in [-0.3, -0.25) is 9.98 Å². The molecular weight excluding hydrogens is 411 g/mol. The number of aromatic nitrogens is 1. The highest BCUT2D eigenvalue weighted by Gasteiger charge is 2.22. The van der Waals surface area contributed by atoms with Gasteiger partial charge in [0.05, 0.1) is 47.9 Å². The molecule has 2 N–H and O–H groups in total. The number of amidine groups is 1. The van der Waals surface area contributed by atoms with Crippen LogP contribution >= 0.6 is 23.2 Å². The molecule has 0 saturated carbocycles. The second-order valence-corrected chi connectivity index (χ2v) is 7.16. The number of hydrogen-bond donors (Lipinski definition) is 2. The quantitative estimate of drug-likeness (QED) is 0.572. The third-order valence-corrected chi connectivity index (χ3v) is 5.23. The third-order valence-electron chi connectivity index (χ3n) is 4.50. The molecule has 0 saturated heterocycles. The number of aliphatic imine (C=N–C) groups is 1. The third kappa shape index (κ3) is 3.95. The van der Waals surface area contributed by atoms with Gasteiger partial charge in [-0.25, -0.2) is 0 Å². The van der Waals surface area contributed by atoms with Crippen LogP contribution in [0.25, 0.3) is 0 Å². The molecule has 0 aliphatic carbocycles. The van der Waals surface area contributed by atoms with Gasteiger partial charge in [-0.1, -0.05) is 29.3 Å². The summed E-state index contributed by atoms with van der Waals surface area (Å²) in [6.07, 6.45) is 3.53. The maximum Gasteiger partial charge on any atom is 0.162 e. The lowest BCUT2D eigenvalue weighted by atomic mass is 10.1. The van der Waals surface area contributed by atoms with Gasteiger partial charge in [0.25, 0.3) is 0 Å². The van der Waals surface area contributed by atoms with Gasteiger partial charge in [0.1, 0.15) is 5.84 Å². The molecule has 0 fully saturated rings. The topological polar surface area (TPSA) is 67.8 Å². The Labute approximate surface area is 178 Å². The lowest BCUT2D eigenvalue weighted by molar-refractivity contribution is 0.355. The number of anilines is 3. The van der Waals surface area contributed by atoms with E-state index in [1.807, 2.05) is 24.3 Å². The molecule has 1 aliphatic heterocycles. The van der Waals surface area contributed by atoms with E-state index in [0.717, 1.165) is 28.2 Å². The molecule has 2 heterocycles. The number of rotatable bonds is 4. The summed E-state index contributed by atoms with van der Waals surface area (Å²) in [4.78, 5) is 8.94. The molecule has 148 valence electrons.